The van der Waals surface area contributed by atoms with Gasteiger partial charge in [0.1, 0.15) is 31.0 Å². The van der Waals surface area contributed by atoms with Crippen molar-refractivity contribution in [1.29, 1.82) is 0 Å². The number of hydrogen-bond donors (Lipinski definition) is 3. The van der Waals surface area contributed by atoms with Crippen LogP contribution in [0.4, 0.5) is 0 Å². The first-order valence-electron chi connectivity index (χ1n) is 11.3. The molecule has 188 valence electrons. The van der Waals surface area contributed by atoms with Gasteiger partial charge in [0.2, 0.25) is 5.91 Å². The summed E-state index contributed by atoms with van der Waals surface area (Å²) in [5, 5.41) is 23.2. The molecule has 1 saturated heterocycles. The fourth-order valence-electron chi connectivity index (χ4n) is 3.63. The number of carbonyl (C=O) groups is 2. The summed E-state index contributed by atoms with van der Waals surface area (Å²) in [6.45, 7) is 4.51. The van der Waals surface area contributed by atoms with Crippen LogP contribution in [0.1, 0.15) is 18.1 Å². The average Bonchev–Trinajstić information content (AvgIpc) is 2.87. The van der Waals surface area contributed by atoms with Crippen LogP contribution in [0.25, 0.3) is 0 Å². The van der Waals surface area contributed by atoms with Gasteiger partial charge in [-0.1, -0.05) is 67.2 Å². The number of aliphatic hydroxyl groups is 2. The highest BCUT2D eigenvalue weighted by atomic mass is 16.7. The molecule has 1 aliphatic rings. The number of esters is 1. The largest absolute Gasteiger partial charge is 0.457 e. The Morgan fingerprint density at radius 1 is 1.00 bits per heavy atom. The molecule has 3 N–H and O–H groups in total. The molecule has 1 fully saturated rings. The zero-order valence-corrected chi connectivity index (χ0v) is 19.5. The molecule has 1 aliphatic heterocycles. The quantitative estimate of drug-likeness (QED) is 0.323. The number of rotatable bonds is 11. The van der Waals surface area contributed by atoms with E-state index in [1.807, 2.05) is 60.7 Å². The predicted octanol–water partition coefficient (Wildman–Crippen LogP) is 1.47. The van der Waals surface area contributed by atoms with Crippen molar-refractivity contribution < 1.29 is 38.7 Å². The summed E-state index contributed by atoms with van der Waals surface area (Å²) in [4.78, 5) is 24.3. The van der Waals surface area contributed by atoms with Crippen LogP contribution in [0.15, 0.2) is 72.8 Å². The van der Waals surface area contributed by atoms with Gasteiger partial charge in [0.25, 0.3) is 0 Å². The van der Waals surface area contributed by atoms with Crippen molar-refractivity contribution in [2.24, 2.45) is 0 Å². The number of carbonyl (C=O) groups excluding carboxylic acids is 2. The molecular formula is C26H31NO8. The number of aliphatic hydroxyl groups excluding tert-OH is 2. The monoisotopic (exact) mass is 485 g/mol. The molecule has 0 aliphatic carbocycles. The molecule has 0 bridgehead atoms. The summed E-state index contributed by atoms with van der Waals surface area (Å²) in [5.41, 5.74) is 1.73. The molecule has 1 heterocycles. The lowest BCUT2D eigenvalue weighted by molar-refractivity contribution is -0.279. The van der Waals surface area contributed by atoms with Crippen molar-refractivity contribution in [3.05, 3.63) is 83.9 Å². The van der Waals surface area contributed by atoms with E-state index in [1.54, 1.807) is 0 Å². The van der Waals surface area contributed by atoms with Crippen LogP contribution in [0.5, 0.6) is 0 Å². The molecule has 9 heteroatoms. The van der Waals surface area contributed by atoms with Crippen LogP contribution in [-0.4, -0.2) is 65.9 Å². The molecule has 5 atom stereocenters. The first-order valence-corrected chi connectivity index (χ1v) is 11.3. The fraction of sp³-hybridized carbons (Fsp3) is 0.385. The molecule has 0 radical (unpaired) electrons. The third-order valence-electron chi connectivity index (χ3n) is 5.43. The van der Waals surface area contributed by atoms with Gasteiger partial charge in [-0.15, -0.1) is 0 Å². The van der Waals surface area contributed by atoms with Gasteiger partial charge in [-0.2, -0.15) is 0 Å². The minimum Gasteiger partial charge on any atom is -0.457 e. The molecule has 3 rings (SSSR count). The van der Waals surface area contributed by atoms with Crippen LogP contribution >= 0.6 is 0 Å². The summed E-state index contributed by atoms with van der Waals surface area (Å²) in [5.74, 6) is -1.04. The van der Waals surface area contributed by atoms with Gasteiger partial charge in [-0.25, -0.2) is 4.79 Å². The van der Waals surface area contributed by atoms with Crippen LogP contribution < -0.4 is 5.32 Å². The second-order valence-electron chi connectivity index (χ2n) is 8.18. The van der Waals surface area contributed by atoms with Crippen molar-refractivity contribution >= 4 is 11.9 Å². The van der Waals surface area contributed by atoms with E-state index in [1.165, 1.54) is 6.92 Å². The minimum absolute atomic E-state index is 0.0310. The van der Waals surface area contributed by atoms with E-state index in [0.29, 0.717) is 0 Å². The van der Waals surface area contributed by atoms with Gasteiger partial charge in [-0.3, -0.25) is 4.79 Å². The average molecular weight is 486 g/mol. The van der Waals surface area contributed by atoms with Gasteiger partial charge in [0.05, 0.1) is 25.4 Å². The van der Waals surface area contributed by atoms with E-state index >= 15 is 0 Å². The zero-order valence-electron chi connectivity index (χ0n) is 19.5. The van der Waals surface area contributed by atoms with Crippen LogP contribution in [0.2, 0.25) is 0 Å². The maximum atomic E-state index is 12.4. The minimum atomic E-state index is -1.30. The van der Waals surface area contributed by atoms with Crippen molar-refractivity contribution in [3.8, 4) is 0 Å². The van der Waals surface area contributed by atoms with E-state index in [2.05, 4.69) is 11.9 Å². The van der Waals surface area contributed by atoms with E-state index in [-0.39, 0.29) is 25.4 Å². The SMILES string of the molecule is C=C(CO[C@@H]1[C@H](O)[C@@H](CO)O[C@@H](OCc2ccccc2)[C@H]1NC(C)=O)C(=O)OCc1ccccc1. The summed E-state index contributed by atoms with van der Waals surface area (Å²) in [6, 6.07) is 17.6. The molecular weight excluding hydrogens is 454 g/mol. The van der Waals surface area contributed by atoms with Crippen molar-refractivity contribution in [3.63, 3.8) is 0 Å². The lowest BCUT2D eigenvalue weighted by Gasteiger charge is -2.44. The molecule has 0 spiro atoms. The van der Waals surface area contributed by atoms with Crippen LogP contribution in [0.3, 0.4) is 0 Å². The van der Waals surface area contributed by atoms with Gasteiger partial charge in [0.15, 0.2) is 6.29 Å². The first kappa shape index (κ1) is 26.5. The standard InChI is InChI=1S/C26H31NO8/c1-17(25(31)33-15-19-9-5-3-6-10-19)14-32-24-22(27-18(2)29)26(35-21(13-28)23(24)30)34-16-20-11-7-4-8-12-20/h3-12,21-24,26,28,30H,1,13-16H2,2H3,(H,27,29)/t21-,22+,23-,24+,26-/m1/s1. The van der Waals surface area contributed by atoms with Crippen molar-refractivity contribution in [2.45, 2.75) is 50.8 Å². The lowest BCUT2D eigenvalue weighted by atomic mass is 9.96. The molecule has 9 nitrogen and oxygen atoms in total. The zero-order chi connectivity index (χ0) is 25.2. The fourth-order valence-corrected chi connectivity index (χ4v) is 3.63. The maximum absolute atomic E-state index is 12.4. The van der Waals surface area contributed by atoms with Crippen molar-refractivity contribution in [2.75, 3.05) is 13.2 Å². The van der Waals surface area contributed by atoms with Gasteiger partial charge in [0, 0.05) is 6.92 Å². The van der Waals surface area contributed by atoms with Gasteiger partial charge in [-0.05, 0) is 11.1 Å². The summed E-state index contributed by atoms with van der Waals surface area (Å²) in [7, 11) is 0. The van der Waals surface area contributed by atoms with E-state index < -0.39 is 49.1 Å². The Morgan fingerprint density at radius 3 is 2.17 bits per heavy atom. The molecule has 2 aromatic carbocycles. The molecule has 0 unspecified atom stereocenters. The highest BCUT2D eigenvalue weighted by Crippen LogP contribution is 2.26. The Bertz CT molecular complexity index is 968. The lowest BCUT2D eigenvalue weighted by Crippen LogP contribution is -2.65. The second-order valence-corrected chi connectivity index (χ2v) is 8.18. The summed E-state index contributed by atoms with van der Waals surface area (Å²) < 4.78 is 22.7. The van der Waals surface area contributed by atoms with Gasteiger partial charge < -0.3 is 34.5 Å². The number of benzene rings is 2. The summed E-state index contributed by atoms with van der Waals surface area (Å²) >= 11 is 0. The summed E-state index contributed by atoms with van der Waals surface area (Å²) in [6.07, 6.45) is -4.40. The normalized spacial score (nSPS) is 23.9. The molecule has 0 saturated carbocycles. The molecule has 2 aromatic rings. The van der Waals surface area contributed by atoms with Crippen molar-refractivity contribution in [1.82, 2.24) is 5.32 Å². The van der Waals surface area contributed by atoms with E-state index in [0.717, 1.165) is 11.1 Å². The third kappa shape index (κ3) is 7.71. The Kier molecular flexibility index (Phi) is 9.95. The number of hydrogen-bond acceptors (Lipinski definition) is 8. The Hall–Kier alpha value is -3.08. The topological polar surface area (TPSA) is 124 Å². The van der Waals surface area contributed by atoms with E-state index in [4.69, 9.17) is 18.9 Å². The number of amides is 1. The first-order chi connectivity index (χ1) is 16.9. The Morgan fingerprint density at radius 2 is 1.60 bits per heavy atom. The maximum Gasteiger partial charge on any atom is 0.336 e. The van der Waals surface area contributed by atoms with Crippen LogP contribution in [0, 0.1) is 0 Å². The van der Waals surface area contributed by atoms with Crippen LogP contribution in [-0.2, 0) is 41.8 Å². The molecule has 35 heavy (non-hydrogen) atoms. The number of nitrogens with one attached hydrogen (secondary N) is 1. The molecule has 1 amide bonds. The Balaban J connectivity index is 1.65. The second kappa shape index (κ2) is 13.1. The van der Waals surface area contributed by atoms with Gasteiger partial charge >= 0.3 is 5.97 Å². The highest BCUT2D eigenvalue weighted by Gasteiger charge is 2.47. The Labute approximate surface area is 204 Å². The third-order valence-corrected chi connectivity index (χ3v) is 5.43. The molecule has 0 aromatic heterocycles. The van der Waals surface area contributed by atoms with E-state index in [9.17, 15) is 19.8 Å². The predicted molar refractivity (Wildman–Crippen MR) is 126 cm³/mol. The highest BCUT2D eigenvalue weighted by molar-refractivity contribution is 5.87. The number of ether oxygens (including phenoxy) is 4. The smallest absolute Gasteiger partial charge is 0.336 e.